The first-order chi connectivity index (χ1) is 7.56. The molecule has 0 bridgehead atoms. The Balaban J connectivity index is 2.07. The number of nitrogens with one attached hydrogen (secondary N) is 1. The number of alkyl halides is 2. The van der Waals surface area contributed by atoms with Crippen LogP contribution in [0.15, 0.2) is 12.7 Å². The normalized spacial score (nSPS) is 23.1. The average Bonchev–Trinajstić information content (AvgIpc) is 2.47. The highest BCUT2D eigenvalue weighted by molar-refractivity contribution is 7.99. The van der Waals surface area contributed by atoms with E-state index in [2.05, 4.69) is 16.6 Å². The van der Waals surface area contributed by atoms with Crippen molar-refractivity contribution in [2.45, 2.75) is 18.4 Å². The fourth-order valence-corrected chi connectivity index (χ4v) is 1.96. The molecule has 1 N–H and O–H groups in total. The summed E-state index contributed by atoms with van der Waals surface area (Å²) in [7, 11) is 0. The molecule has 1 rings (SSSR count). The minimum absolute atomic E-state index is 0.288. The highest BCUT2D eigenvalue weighted by atomic mass is 32.2. The van der Waals surface area contributed by atoms with Gasteiger partial charge in [0.05, 0.1) is 6.42 Å². The number of carbonyl (C=O) groups excluding carboxylic acids is 1. The summed E-state index contributed by atoms with van der Waals surface area (Å²) in [4.78, 5) is 10.7. The number of carbonyl (C=O) groups is 1. The van der Waals surface area contributed by atoms with E-state index >= 15 is 0 Å². The molecule has 16 heavy (non-hydrogen) atoms. The summed E-state index contributed by atoms with van der Waals surface area (Å²) in [5.41, 5.74) is 0. The van der Waals surface area contributed by atoms with Crippen LogP contribution in [-0.4, -0.2) is 42.6 Å². The van der Waals surface area contributed by atoms with E-state index in [1.165, 1.54) is 0 Å². The standard InChI is InChI=1S/C10H15F2NO2S/c1-2-4-16-5-3-13-7-8-6-10(11,12)9(14)15-8/h2,8,13H,1,3-7H2. The lowest BCUT2D eigenvalue weighted by Gasteiger charge is -2.09. The van der Waals surface area contributed by atoms with Gasteiger partial charge in [0.25, 0.3) is 0 Å². The van der Waals surface area contributed by atoms with Gasteiger partial charge in [0, 0.05) is 24.6 Å². The molecule has 1 saturated heterocycles. The molecule has 1 heterocycles. The third-order valence-electron chi connectivity index (χ3n) is 2.09. The van der Waals surface area contributed by atoms with Gasteiger partial charge in [0.2, 0.25) is 0 Å². The molecule has 1 unspecified atom stereocenters. The van der Waals surface area contributed by atoms with Crippen molar-refractivity contribution < 1.29 is 18.3 Å². The van der Waals surface area contributed by atoms with Gasteiger partial charge in [-0.25, -0.2) is 4.79 Å². The van der Waals surface area contributed by atoms with Crippen molar-refractivity contribution in [3.05, 3.63) is 12.7 Å². The highest BCUT2D eigenvalue weighted by Crippen LogP contribution is 2.30. The second kappa shape index (κ2) is 6.20. The monoisotopic (exact) mass is 251 g/mol. The van der Waals surface area contributed by atoms with Crippen LogP contribution < -0.4 is 5.32 Å². The van der Waals surface area contributed by atoms with E-state index in [9.17, 15) is 13.6 Å². The maximum absolute atomic E-state index is 12.7. The topological polar surface area (TPSA) is 38.3 Å². The summed E-state index contributed by atoms with van der Waals surface area (Å²) < 4.78 is 30.0. The third kappa shape index (κ3) is 4.09. The molecule has 0 aliphatic carbocycles. The summed E-state index contributed by atoms with van der Waals surface area (Å²) in [6, 6.07) is 0. The number of hydrogen-bond donors (Lipinski definition) is 1. The largest absolute Gasteiger partial charge is 0.456 e. The van der Waals surface area contributed by atoms with E-state index in [0.717, 1.165) is 11.5 Å². The fraction of sp³-hybridized carbons (Fsp3) is 0.700. The zero-order chi connectivity index (χ0) is 12.0. The number of halogens is 2. The number of hydrogen-bond acceptors (Lipinski definition) is 4. The molecule has 0 saturated carbocycles. The van der Waals surface area contributed by atoms with Gasteiger partial charge >= 0.3 is 11.9 Å². The van der Waals surface area contributed by atoms with Gasteiger partial charge in [-0.05, 0) is 0 Å². The van der Waals surface area contributed by atoms with Gasteiger partial charge < -0.3 is 10.1 Å². The first kappa shape index (κ1) is 13.4. The van der Waals surface area contributed by atoms with E-state index in [1.807, 2.05) is 6.08 Å². The Labute approximate surface area is 97.6 Å². The van der Waals surface area contributed by atoms with Crippen molar-refractivity contribution in [3.63, 3.8) is 0 Å². The Morgan fingerprint density at radius 3 is 3.00 bits per heavy atom. The Kier molecular flexibility index (Phi) is 5.21. The first-order valence-electron chi connectivity index (χ1n) is 5.04. The van der Waals surface area contributed by atoms with Gasteiger partial charge in [-0.15, -0.1) is 6.58 Å². The van der Waals surface area contributed by atoms with Crippen molar-refractivity contribution in [3.8, 4) is 0 Å². The van der Waals surface area contributed by atoms with Crippen molar-refractivity contribution in [1.29, 1.82) is 0 Å². The van der Waals surface area contributed by atoms with Crippen molar-refractivity contribution in [2.24, 2.45) is 0 Å². The van der Waals surface area contributed by atoms with Gasteiger partial charge in [-0.3, -0.25) is 0 Å². The van der Waals surface area contributed by atoms with E-state index < -0.39 is 24.4 Å². The molecule has 1 fully saturated rings. The number of rotatable bonds is 7. The Bertz CT molecular complexity index is 261. The van der Waals surface area contributed by atoms with Crippen LogP contribution in [0, 0.1) is 0 Å². The van der Waals surface area contributed by atoms with Crippen molar-refractivity contribution in [2.75, 3.05) is 24.6 Å². The third-order valence-corrected chi connectivity index (χ3v) is 3.05. The predicted octanol–water partition coefficient (Wildman–Crippen LogP) is 1.45. The van der Waals surface area contributed by atoms with Crippen molar-refractivity contribution in [1.82, 2.24) is 5.32 Å². The SMILES string of the molecule is C=CCSCCNCC1CC(F)(F)C(=O)O1. The van der Waals surface area contributed by atoms with Crippen LogP contribution in [0.4, 0.5) is 8.78 Å². The summed E-state index contributed by atoms with van der Waals surface area (Å²) in [6.45, 7) is 4.58. The molecular formula is C10H15F2NO2S. The Morgan fingerprint density at radius 2 is 2.44 bits per heavy atom. The molecule has 3 nitrogen and oxygen atoms in total. The molecule has 1 aliphatic rings. The zero-order valence-corrected chi connectivity index (χ0v) is 9.69. The molecule has 0 spiro atoms. The van der Waals surface area contributed by atoms with Gasteiger partial charge in [0.1, 0.15) is 6.10 Å². The minimum Gasteiger partial charge on any atom is -0.456 e. The lowest BCUT2D eigenvalue weighted by Crippen LogP contribution is -2.28. The van der Waals surface area contributed by atoms with Gasteiger partial charge in [0.15, 0.2) is 0 Å². The lowest BCUT2D eigenvalue weighted by molar-refractivity contribution is -0.158. The lowest BCUT2D eigenvalue weighted by atomic mass is 10.2. The fourth-order valence-electron chi connectivity index (χ4n) is 1.34. The number of ether oxygens (including phenoxy) is 1. The highest BCUT2D eigenvalue weighted by Gasteiger charge is 2.50. The molecule has 92 valence electrons. The van der Waals surface area contributed by atoms with Crippen LogP contribution >= 0.6 is 11.8 Å². The molecule has 0 aromatic rings. The van der Waals surface area contributed by atoms with Gasteiger partial charge in [-0.2, -0.15) is 20.5 Å². The Hall–Kier alpha value is -0.620. The molecular weight excluding hydrogens is 236 g/mol. The number of esters is 1. The number of cyclic esters (lactones) is 1. The number of thioether (sulfide) groups is 1. The van der Waals surface area contributed by atoms with Crippen LogP contribution in [0.25, 0.3) is 0 Å². The first-order valence-corrected chi connectivity index (χ1v) is 6.20. The van der Waals surface area contributed by atoms with E-state index in [1.54, 1.807) is 11.8 Å². The van der Waals surface area contributed by atoms with Crippen LogP contribution in [-0.2, 0) is 9.53 Å². The van der Waals surface area contributed by atoms with Crippen molar-refractivity contribution >= 4 is 17.7 Å². The van der Waals surface area contributed by atoms with Crippen LogP contribution in [0.5, 0.6) is 0 Å². The maximum atomic E-state index is 12.7. The second-order valence-electron chi connectivity index (χ2n) is 3.50. The summed E-state index contributed by atoms with van der Waals surface area (Å²) in [6.07, 6.45) is 0.592. The summed E-state index contributed by atoms with van der Waals surface area (Å²) in [5, 5.41) is 2.98. The molecule has 0 amide bonds. The summed E-state index contributed by atoms with van der Waals surface area (Å²) >= 11 is 1.70. The second-order valence-corrected chi connectivity index (χ2v) is 4.65. The average molecular weight is 251 g/mol. The predicted molar refractivity (Wildman–Crippen MR) is 59.8 cm³/mol. The van der Waals surface area contributed by atoms with Crippen LogP contribution in [0.1, 0.15) is 6.42 Å². The van der Waals surface area contributed by atoms with E-state index in [0.29, 0.717) is 6.54 Å². The molecule has 6 heteroatoms. The van der Waals surface area contributed by atoms with Crippen LogP contribution in [0.3, 0.4) is 0 Å². The van der Waals surface area contributed by atoms with Gasteiger partial charge in [-0.1, -0.05) is 6.08 Å². The minimum atomic E-state index is -3.30. The molecule has 1 aliphatic heterocycles. The smallest absolute Gasteiger partial charge is 0.377 e. The molecule has 1 atom stereocenters. The molecule has 0 aromatic heterocycles. The maximum Gasteiger partial charge on any atom is 0.377 e. The summed E-state index contributed by atoms with van der Waals surface area (Å²) in [5.74, 6) is -2.95. The van der Waals surface area contributed by atoms with E-state index in [4.69, 9.17) is 0 Å². The quantitative estimate of drug-likeness (QED) is 0.422. The molecule has 0 radical (unpaired) electrons. The Morgan fingerprint density at radius 1 is 1.69 bits per heavy atom. The van der Waals surface area contributed by atoms with Crippen LogP contribution in [0.2, 0.25) is 0 Å². The zero-order valence-electron chi connectivity index (χ0n) is 8.88. The van der Waals surface area contributed by atoms with E-state index in [-0.39, 0.29) is 6.54 Å². The molecule has 0 aromatic carbocycles.